The molecule has 0 aromatic heterocycles. The van der Waals surface area contributed by atoms with Crippen LogP contribution in [0.5, 0.6) is 0 Å². The zero-order chi connectivity index (χ0) is 14.8. The maximum atomic E-state index is 12.9. The molecule has 0 spiro atoms. The van der Waals surface area contributed by atoms with Crippen molar-refractivity contribution in [1.82, 2.24) is 0 Å². The molecule has 0 aliphatic heterocycles. The highest BCUT2D eigenvalue weighted by Gasteiger charge is 2.61. The fourth-order valence-corrected chi connectivity index (χ4v) is 5.27. The number of hydrogen-bond donors (Lipinski definition) is 0. The van der Waals surface area contributed by atoms with Gasteiger partial charge in [-0.3, -0.25) is 4.79 Å². The summed E-state index contributed by atoms with van der Waals surface area (Å²) in [7, 11) is 0. The Balaban J connectivity index is 1.64. The quantitative estimate of drug-likeness (QED) is 0.722. The van der Waals surface area contributed by atoms with Crippen molar-refractivity contribution in [2.75, 3.05) is 0 Å². The van der Waals surface area contributed by atoms with Crippen LogP contribution in [0.15, 0.2) is 24.3 Å². The van der Waals surface area contributed by atoms with Gasteiger partial charge in [-0.15, -0.1) is 0 Å². The highest BCUT2D eigenvalue weighted by atomic mass is 19.4. The predicted molar refractivity (Wildman–Crippen MR) is 71.8 cm³/mol. The summed E-state index contributed by atoms with van der Waals surface area (Å²) in [6.07, 6.45) is 1.09. The van der Waals surface area contributed by atoms with Gasteiger partial charge in [-0.05, 0) is 62.0 Å². The third kappa shape index (κ3) is 1.87. The maximum Gasteiger partial charge on any atom is 0.416 e. The van der Waals surface area contributed by atoms with Crippen molar-refractivity contribution in [3.05, 3.63) is 35.4 Å². The van der Waals surface area contributed by atoms with Crippen LogP contribution in [0, 0.1) is 23.2 Å². The number of halogens is 3. The maximum absolute atomic E-state index is 12.9. The lowest BCUT2D eigenvalue weighted by Gasteiger charge is -2.31. The lowest BCUT2D eigenvalue weighted by Crippen LogP contribution is -2.32. The lowest BCUT2D eigenvalue weighted by atomic mass is 9.71. The highest BCUT2D eigenvalue weighted by Crippen LogP contribution is 2.66. The first kappa shape index (κ1) is 13.4. The van der Waals surface area contributed by atoms with Gasteiger partial charge in [-0.1, -0.05) is 12.1 Å². The molecule has 0 radical (unpaired) electrons. The van der Waals surface area contributed by atoms with Gasteiger partial charge in [0.25, 0.3) is 0 Å². The van der Waals surface area contributed by atoms with Gasteiger partial charge in [-0.2, -0.15) is 13.2 Å². The molecule has 4 aliphatic carbocycles. The van der Waals surface area contributed by atoms with Crippen molar-refractivity contribution in [2.45, 2.75) is 38.3 Å². The smallest absolute Gasteiger partial charge is 0.294 e. The van der Waals surface area contributed by atoms with Gasteiger partial charge in [0.1, 0.15) is 0 Å². The van der Waals surface area contributed by atoms with Gasteiger partial charge in [0.2, 0.25) is 0 Å². The van der Waals surface area contributed by atoms with E-state index in [1.54, 1.807) is 0 Å². The monoisotopic (exact) mass is 294 g/mol. The minimum atomic E-state index is -4.34. The van der Waals surface area contributed by atoms with Gasteiger partial charge in [-0.25, -0.2) is 0 Å². The van der Waals surface area contributed by atoms with E-state index in [9.17, 15) is 18.0 Å². The molecule has 1 aromatic carbocycles. The zero-order valence-electron chi connectivity index (χ0n) is 11.6. The molecule has 1 aromatic rings. The molecule has 0 N–H and O–H groups in total. The largest absolute Gasteiger partial charge is 0.416 e. The van der Waals surface area contributed by atoms with Gasteiger partial charge in [0, 0.05) is 11.0 Å². The zero-order valence-corrected chi connectivity index (χ0v) is 11.6. The van der Waals surface area contributed by atoms with Crippen LogP contribution in [0.4, 0.5) is 13.2 Å². The van der Waals surface area contributed by atoms with E-state index in [1.807, 2.05) is 0 Å². The molecular formula is C17H17F3O. The second-order valence-corrected chi connectivity index (χ2v) is 7.10. The van der Waals surface area contributed by atoms with Gasteiger partial charge >= 0.3 is 6.18 Å². The Morgan fingerprint density at radius 2 is 1.57 bits per heavy atom. The number of carbonyl (C=O) groups excluding carboxylic acids is 1. The molecule has 0 amide bonds. The van der Waals surface area contributed by atoms with Crippen LogP contribution < -0.4 is 0 Å². The van der Waals surface area contributed by atoms with Crippen molar-refractivity contribution in [1.29, 1.82) is 0 Å². The fraction of sp³-hybridized carbons (Fsp3) is 0.588. The molecule has 1 nitrogen and oxygen atoms in total. The van der Waals surface area contributed by atoms with Crippen molar-refractivity contribution < 1.29 is 18.0 Å². The van der Waals surface area contributed by atoms with Crippen LogP contribution in [0.25, 0.3) is 0 Å². The Morgan fingerprint density at radius 1 is 1.00 bits per heavy atom. The Labute approximate surface area is 121 Å². The van der Waals surface area contributed by atoms with Crippen molar-refractivity contribution in [3.8, 4) is 0 Å². The normalized spacial score (nSPS) is 37.2. The minimum absolute atomic E-state index is 0.0888. The Bertz CT molecular complexity index is 573. The molecule has 4 saturated carbocycles. The Kier molecular flexibility index (Phi) is 2.61. The van der Waals surface area contributed by atoms with Gasteiger partial charge < -0.3 is 0 Å². The van der Waals surface area contributed by atoms with Gasteiger partial charge in [0.15, 0.2) is 5.78 Å². The van der Waals surface area contributed by atoms with E-state index in [2.05, 4.69) is 0 Å². The molecule has 0 heterocycles. The first-order valence-electron chi connectivity index (χ1n) is 7.60. The number of Topliss-reactive ketones (excluding diaryl/α,β-unsaturated/α-hetero) is 1. The number of rotatable bonds is 2. The molecular weight excluding hydrogens is 277 g/mol. The topological polar surface area (TPSA) is 17.1 Å². The van der Waals surface area contributed by atoms with E-state index in [-0.39, 0.29) is 11.2 Å². The molecule has 112 valence electrons. The molecule has 2 atom stereocenters. The molecule has 4 fully saturated rings. The van der Waals surface area contributed by atoms with Crippen molar-refractivity contribution >= 4 is 5.78 Å². The molecule has 5 rings (SSSR count). The molecule has 21 heavy (non-hydrogen) atoms. The van der Waals surface area contributed by atoms with E-state index in [0.717, 1.165) is 37.8 Å². The summed E-state index contributed by atoms with van der Waals surface area (Å²) in [4.78, 5) is 12.9. The molecule has 2 unspecified atom stereocenters. The standard InChI is InChI=1S/C17H17F3O/c18-17(19,20)13-3-1-12(2-4-13)15(21)16-8-10-5-11(9-16)7-14(16)6-10/h1-4,10-11,14H,5-9H2. The van der Waals surface area contributed by atoms with E-state index in [4.69, 9.17) is 0 Å². The average Bonchev–Trinajstić information content (AvgIpc) is 2.83. The lowest BCUT2D eigenvalue weighted by molar-refractivity contribution is -0.137. The summed E-state index contributed by atoms with van der Waals surface area (Å²) in [5.41, 5.74) is -0.488. The minimum Gasteiger partial charge on any atom is -0.294 e. The van der Waals surface area contributed by atoms with E-state index in [0.29, 0.717) is 23.3 Å². The second kappa shape index (κ2) is 4.11. The first-order valence-corrected chi connectivity index (χ1v) is 7.60. The SMILES string of the molecule is O=C(c1ccc(C(F)(F)F)cc1)C12CC3CC(CC1C3)C2. The third-order valence-corrected chi connectivity index (χ3v) is 5.92. The number of carbonyl (C=O) groups is 1. The molecule has 4 aliphatic rings. The number of alkyl halides is 3. The highest BCUT2D eigenvalue weighted by molar-refractivity contribution is 6.01. The fourth-order valence-electron chi connectivity index (χ4n) is 5.27. The summed E-state index contributed by atoms with van der Waals surface area (Å²) in [6.45, 7) is 0. The van der Waals surface area contributed by atoms with Crippen LogP contribution in [0.3, 0.4) is 0 Å². The van der Waals surface area contributed by atoms with Crippen molar-refractivity contribution in [2.24, 2.45) is 23.2 Å². The van der Waals surface area contributed by atoms with Crippen LogP contribution >= 0.6 is 0 Å². The van der Waals surface area contributed by atoms with Gasteiger partial charge in [0.05, 0.1) is 5.56 Å². The van der Waals surface area contributed by atoms with E-state index in [1.165, 1.54) is 18.6 Å². The first-order chi connectivity index (χ1) is 9.88. The van der Waals surface area contributed by atoms with E-state index >= 15 is 0 Å². The summed E-state index contributed by atoms with van der Waals surface area (Å²) >= 11 is 0. The van der Waals surface area contributed by atoms with Crippen LogP contribution in [-0.2, 0) is 6.18 Å². The van der Waals surface area contributed by atoms with E-state index < -0.39 is 11.7 Å². The predicted octanol–water partition coefficient (Wildman–Crippen LogP) is 4.71. The number of hydrogen-bond acceptors (Lipinski definition) is 1. The number of benzene rings is 1. The van der Waals surface area contributed by atoms with Crippen LogP contribution in [-0.4, -0.2) is 5.78 Å². The molecule has 4 bridgehead atoms. The summed E-state index contributed by atoms with van der Waals surface area (Å²) in [5.74, 6) is 1.89. The van der Waals surface area contributed by atoms with Crippen LogP contribution in [0.2, 0.25) is 0 Å². The molecule has 0 saturated heterocycles. The summed E-state index contributed by atoms with van der Waals surface area (Å²) in [5, 5.41) is 0. The van der Waals surface area contributed by atoms with Crippen molar-refractivity contribution in [3.63, 3.8) is 0 Å². The number of ketones is 1. The Morgan fingerprint density at radius 3 is 2.10 bits per heavy atom. The second-order valence-electron chi connectivity index (χ2n) is 7.10. The van der Waals surface area contributed by atoms with Crippen LogP contribution in [0.1, 0.15) is 48.0 Å². The third-order valence-electron chi connectivity index (χ3n) is 5.92. The summed E-state index contributed by atoms with van der Waals surface area (Å²) in [6, 6.07) is 4.78. The average molecular weight is 294 g/mol. The summed E-state index contributed by atoms with van der Waals surface area (Å²) < 4.78 is 37.8. The molecule has 4 heteroatoms. The Hall–Kier alpha value is -1.32.